The summed E-state index contributed by atoms with van der Waals surface area (Å²) in [6.45, 7) is 0.672. The van der Waals surface area contributed by atoms with Gasteiger partial charge in [0.25, 0.3) is 0 Å². The number of halogens is 1. The van der Waals surface area contributed by atoms with E-state index in [1.165, 1.54) is 0 Å². The van der Waals surface area contributed by atoms with Gasteiger partial charge in [-0.2, -0.15) is 0 Å². The zero-order valence-corrected chi connectivity index (χ0v) is 6.02. The second-order valence-corrected chi connectivity index (χ2v) is 2.03. The number of nitrogens with zero attached hydrogens (tertiary/aromatic N) is 1. The van der Waals surface area contributed by atoms with Crippen LogP contribution < -0.4 is 5.32 Å². The third-order valence-corrected chi connectivity index (χ3v) is 1.47. The summed E-state index contributed by atoms with van der Waals surface area (Å²) in [7, 11) is 0. The summed E-state index contributed by atoms with van der Waals surface area (Å²) in [6, 6.07) is 3.78. The molecule has 1 amide bonds. The number of hydrogen-bond donors (Lipinski definition) is 1. The lowest BCUT2D eigenvalue weighted by Crippen LogP contribution is -2.16. The van der Waals surface area contributed by atoms with Gasteiger partial charge in [-0.25, -0.2) is 4.79 Å². The average Bonchev–Trinajstić information content (AvgIpc) is 2.35. The molecule has 54 valence electrons. The highest BCUT2D eigenvalue weighted by molar-refractivity contribution is 5.85. The topological polar surface area (TPSA) is 34.0 Å². The average molecular weight is 159 g/mol. The molecule has 3 nitrogen and oxygen atoms in total. The summed E-state index contributed by atoms with van der Waals surface area (Å²) in [6.07, 6.45) is 1.76. The molecular weight excluding hydrogens is 152 g/mol. The molecule has 0 saturated carbocycles. The molecule has 0 aromatic carbocycles. The maximum absolute atomic E-state index is 10.8. The first-order chi connectivity index (χ1) is 4.38. The van der Waals surface area contributed by atoms with E-state index in [-0.39, 0.29) is 18.4 Å². The molecule has 1 aromatic heterocycles. The Morgan fingerprint density at radius 3 is 3.10 bits per heavy atom. The molecule has 0 aliphatic carbocycles. The standard InChI is InChI=1S/C6H6N2O.ClH/c9-6-7-4-5-2-1-3-8(5)6;/h1-3H,4H2,(H,7,9);1H. The third-order valence-electron chi connectivity index (χ3n) is 1.47. The van der Waals surface area contributed by atoms with Gasteiger partial charge in [0.1, 0.15) is 0 Å². The molecule has 0 spiro atoms. The van der Waals surface area contributed by atoms with E-state index in [0.29, 0.717) is 6.54 Å². The smallest absolute Gasteiger partial charge is 0.326 e. The lowest BCUT2D eigenvalue weighted by atomic mass is 10.4. The number of amides is 1. The van der Waals surface area contributed by atoms with Crippen LogP contribution in [0.1, 0.15) is 5.69 Å². The molecule has 2 rings (SSSR count). The zero-order valence-electron chi connectivity index (χ0n) is 5.20. The Kier molecular flexibility index (Phi) is 1.68. The van der Waals surface area contributed by atoms with Crippen LogP contribution in [0, 0.1) is 0 Å². The normalized spacial score (nSPS) is 13.8. The van der Waals surface area contributed by atoms with Gasteiger partial charge < -0.3 is 5.32 Å². The zero-order chi connectivity index (χ0) is 6.27. The molecule has 2 heterocycles. The van der Waals surface area contributed by atoms with Gasteiger partial charge in [-0.05, 0) is 12.1 Å². The van der Waals surface area contributed by atoms with Crippen molar-refractivity contribution in [2.24, 2.45) is 0 Å². The highest BCUT2D eigenvalue weighted by Gasteiger charge is 2.14. The van der Waals surface area contributed by atoms with E-state index < -0.39 is 0 Å². The van der Waals surface area contributed by atoms with Crippen LogP contribution in [0.25, 0.3) is 0 Å². The van der Waals surface area contributed by atoms with Crippen molar-refractivity contribution in [3.05, 3.63) is 24.0 Å². The van der Waals surface area contributed by atoms with Gasteiger partial charge in [0.15, 0.2) is 0 Å². The summed E-state index contributed by atoms with van der Waals surface area (Å²) in [5.74, 6) is 0. The Labute approximate surface area is 64.4 Å². The highest BCUT2D eigenvalue weighted by Crippen LogP contribution is 2.06. The lowest BCUT2D eigenvalue weighted by Gasteiger charge is -1.88. The first kappa shape index (κ1) is 7.15. The first-order valence-electron chi connectivity index (χ1n) is 2.82. The number of carbonyl (C=O) groups is 1. The van der Waals surface area contributed by atoms with Crippen molar-refractivity contribution < 1.29 is 4.79 Å². The van der Waals surface area contributed by atoms with Crippen molar-refractivity contribution >= 4 is 18.4 Å². The maximum atomic E-state index is 10.8. The largest absolute Gasteiger partial charge is 0.332 e. The number of hydrogen-bond acceptors (Lipinski definition) is 1. The van der Waals surface area contributed by atoms with E-state index in [1.54, 1.807) is 10.8 Å². The molecular formula is C6H7ClN2O. The van der Waals surface area contributed by atoms with Crippen LogP contribution in [0.5, 0.6) is 0 Å². The number of aromatic nitrogens is 1. The van der Waals surface area contributed by atoms with Gasteiger partial charge in [0.05, 0.1) is 6.54 Å². The Morgan fingerprint density at radius 1 is 1.60 bits per heavy atom. The Balaban J connectivity index is 0.000000500. The molecule has 0 bridgehead atoms. The number of fused-ring (bicyclic) bond motifs is 1. The lowest BCUT2D eigenvalue weighted by molar-refractivity contribution is 0.246. The van der Waals surface area contributed by atoms with E-state index in [4.69, 9.17) is 0 Å². The molecule has 1 N–H and O–H groups in total. The number of rotatable bonds is 0. The van der Waals surface area contributed by atoms with Crippen molar-refractivity contribution in [2.75, 3.05) is 0 Å². The second kappa shape index (κ2) is 2.34. The third kappa shape index (κ3) is 0.789. The van der Waals surface area contributed by atoms with Crippen molar-refractivity contribution in [2.45, 2.75) is 6.54 Å². The van der Waals surface area contributed by atoms with Gasteiger partial charge >= 0.3 is 6.03 Å². The molecule has 0 fully saturated rings. The molecule has 0 saturated heterocycles. The van der Waals surface area contributed by atoms with E-state index in [9.17, 15) is 4.79 Å². The van der Waals surface area contributed by atoms with Gasteiger partial charge in [-0.1, -0.05) is 0 Å². The molecule has 1 aliphatic heterocycles. The van der Waals surface area contributed by atoms with Crippen LogP contribution in [0.15, 0.2) is 18.3 Å². The summed E-state index contributed by atoms with van der Waals surface area (Å²) in [5.41, 5.74) is 1.04. The predicted octanol–water partition coefficient (Wildman–Crippen LogP) is 0.981. The molecule has 10 heavy (non-hydrogen) atoms. The molecule has 1 aromatic rings. The molecule has 1 aliphatic rings. The maximum Gasteiger partial charge on any atom is 0.326 e. The van der Waals surface area contributed by atoms with Crippen molar-refractivity contribution in [1.82, 2.24) is 9.88 Å². The van der Waals surface area contributed by atoms with Crippen LogP contribution in [0.4, 0.5) is 4.79 Å². The monoisotopic (exact) mass is 158 g/mol. The quantitative estimate of drug-likeness (QED) is 0.600. The van der Waals surface area contributed by atoms with E-state index in [1.807, 2.05) is 12.1 Å². The first-order valence-corrected chi connectivity index (χ1v) is 2.82. The summed E-state index contributed by atoms with van der Waals surface area (Å²) in [5, 5.41) is 2.69. The summed E-state index contributed by atoms with van der Waals surface area (Å²) < 4.78 is 1.61. The molecule has 4 heteroatoms. The Morgan fingerprint density at radius 2 is 2.40 bits per heavy atom. The fourth-order valence-corrected chi connectivity index (χ4v) is 1.01. The van der Waals surface area contributed by atoms with Gasteiger partial charge in [-0.15, -0.1) is 12.4 Å². The van der Waals surface area contributed by atoms with Crippen LogP contribution in [-0.4, -0.2) is 10.6 Å². The minimum atomic E-state index is -0.0185. The highest BCUT2D eigenvalue weighted by atomic mass is 35.5. The molecule has 0 radical (unpaired) electrons. The van der Waals surface area contributed by atoms with Crippen molar-refractivity contribution in [3.8, 4) is 0 Å². The van der Waals surface area contributed by atoms with Crippen LogP contribution in [0.2, 0.25) is 0 Å². The summed E-state index contributed by atoms with van der Waals surface area (Å²) in [4.78, 5) is 10.8. The molecule has 0 unspecified atom stereocenters. The minimum absolute atomic E-state index is 0. The van der Waals surface area contributed by atoms with Crippen molar-refractivity contribution in [1.29, 1.82) is 0 Å². The SMILES string of the molecule is Cl.O=C1NCc2cccn21. The Hall–Kier alpha value is -0.960. The van der Waals surface area contributed by atoms with Gasteiger partial charge in [0.2, 0.25) is 0 Å². The summed E-state index contributed by atoms with van der Waals surface area (Å²) >= 11 is 0. The van der Waals surface area contributed by atoms with Gasteiger partial charge in [-0.3, -0.25) is 4.57 Å². The predicted molar refractivity (Wildman–Crippen MR) is 39.3 cm³/mol. The van der Waals surface area contributed by atoms with Crippen LogP contribution in [-0.2, 0) is 6.54 Å². The Bertz CT molecular complexity index is 256. The minimum Gasteiger partial charge on any atom is -0.332 e. The van der Waals surface area contributed by atoms with Gasteiger partial charge in [0, 0.05) is 11.9 Å². The second-order valence-electron chi connectivity index (χ2n) is 2.03. The fourth-order valence-electron chi connectivity index (χ4n) is 1.01. The number of carbonyl (C=O) groups excluding carboxylic acids is 1. The van der Waals surface area contributed by atoms with Crippen LogP contribution >= 0.6 is 12.4 Å². The van der Waals surface area contributed by atoms with E-state index >= 15 is 0 Å². The number of nitrogens with one attached hydrogen (secondary N) is 1. The van der Waals surface area contributed by atoms with E-state index in [2.05, 4.69) is 5.32 Å². The fraction of sp³-hybridized carbons (Fsp3) is 0.167. The van der Waals surface area contributed by atoms with Crippen LogP contribution in [0.3, 0.4) is 0 Å². The molecule has 0 atom stereocenters. The van der Waals surface area contributed by atoms with Crippen molar-refractivity contribution in [3.63, 3.8) is 0 Å². The van der Waals surface area contributed by atoms with E-state index in [0.717, 1.165) is 5.69 Å².